The number of hydrogen-bond donors (Lipinski definition) is 1. The fourth-order valence-electron chi connectivity index (χ4n) is 4.55. The summed E-state index contributed by atoms with van der Waals surface area (Å²) in [4.78, 5) is 17.3. The van der Waals surface area contributed by atoms with Crippen molar-refractivity contribution < 1.29 is 9.53 Å². The average molecular weight is 518 g/mol. The molecule has 0 unspecified atom stereocenters. The smallest absolute Gasteiger partial charge is 0.252 e. The number of fused-ring (bicyclic) bond motifs is 1. The Labute approximate surface area is 224 Å². The Kier molecular flexibility index (Phi) is 9.24. The second kappa shape index (κ2) is 12.8. The largest absolute Gasteiger partial charge is 0.493 e. The maximum absolute atomic E-state index is 12.4. The molecule has 0 spiro atoms. The number of imidazole rings is 1. The monoisotopic (exact) mass is 517 g/mol. The van der Waals surface area contributed by atoms with Crippen LogP contribution in [0.4, 0.5) is 0 Å². The van der Waals surface area contributed by atoms with E-state index < -0.39 is 0 Å². The Bertz CT molecular complexity index is 1350. The number of carbonyl (C=O) groups excluding carboxylic acids is 1. The van der Waals surface area contributed by atoms with Crippen LogP contribution in [0.15, 0.2) is 66.7 Å². The minimum atomic E-state index is -0.145. The van der Waals surface area contributed by atoms with Gasteiger partial charge in [-0.1, -0.05) is 61.8 Å². The van der Waals surface area contributed by atoms with Crippen molar-refractivity contribution in [3.8, 4) is 5.75 Å². The maximum atomic E-state index is 12.4. The van der Waals surface area contributed by atoms with Crippen molar-refractivity contribution in [2.75, 3.05) is 13.2 Å². The van der Waals surface area contributed by atoms with Gasteiger partial charge in [0.25, 0.3) is 5.91 Å². The van der Waals surface area contributed by atoms with Crippen LogP contribution >= 0.6 is 11.6 Å². The minimum Gasteiger partial charge on any atom is -0.493 e. The van der Waals surface area contributed by atoms with Gasteiger partial charge in [-0.25, -0.2) is 4.98 Å². The third kappa shape index (κ3) is 6.92. The molecule has 4 aromatic rings. The average Bonchev–Trinajstić information content (AvgIpc) is 3.23. The zero-order chi connectivity index (χ0) is 26.2. The van der Waals surface area contributed by atoms with Gasteiger partial charge in [0, 0.05) is 19.5 Å². The number of aryl methyl sites for hydroxylation is 3. The standard InChI is InChI=1S/C31H36ClN3O2/c1-22(2)24-17-16-23(3)21-29(24)37-20-9-8-19-35-28-14-7-6-13-27(28)34-30(35)15-10-18-33-31(36)25-11-4-5-12-26(25)32/h4-7,11-14,16-17,21-22H,8-10,15,18-20H2,1-3H3,(H,33,36). The van der Waals surface area contributed by atoms with Gasteiger partial charge in [0.2, 0.25) is 0 Å². The predicted octanol–water partition coefficient (Wildman–Crippen LogP) is 7.34. The first-order valence-electron chi connectivity index (χ1n) is 13.1. The molecule has 194 valence electrons. The van der Waals surface area contributed by atoms with E-state index in [1.807, 2.05) is 18.2 Å². The Morgan fingerprint density at radius 1 is 1.03 bits per heavy atom. The van der Waals surface area contributed by atoms with Gasteiger partial charge in [0.05, 0.1) is 28.2 Å². The van der Waals surface area contributed by atoms with Crippen molar-refractivity contribution in [3.05, 3.63) is 94.3 Å². The second-order valence-electron chi connectivity index (χ2n) is 9.76. The number of nitrogens with zero attached hydrogens (tertiary/aromatic N) is 2. The van der Waals surface area contributed by atoms with Crippen LogP contribution in [0, 0.1) is 6.92 Å². The lowest BCUT2D eigenvalue weighted by Crippen LogP contribution is -2.25. The van der Waals surface area contributed by atoms with E-state index in [4.69, 9.17) is 21.3 Å². The van der Waals surface area contributed by atoms with E-state index in [9.17, 15) is 4.79 Å². The van der Waals surface area contributed by atoms with E-state index >= 15 is 0 Å². The first kappa shape index (κ1) is 26.7. The van der Waals surface area contributed by atoms with Crippen molar-refractivity contribution in [2.24, 2.45) is 0 Å². The van der Waals surface area contributed by atoms with Gasteiger partial charge in [-0.2, -0.15) is 0 Å². The molecule has 1 heterocycles. The first-order chi connectivity index (χ1) is 17.9. The van der Waals surface area contributed by atoms with Gasteiger partial charge in [-0.05, 0) is 73.6 Å². The molecule has 0 bridgehead atoms. The van der Waals surface area contributed by atoms with E-state index in [2.05, 4.69) is 67.1 Å². The van der Waals surface area contributed by atoms with E-state index in [1.165, 1.54) is 11.1 Å². The third-order valence-corrected chi connectivity index (χ3v) is 6.87. The number of unbranched alkanes of at least 4 members (excludes halogenated alkanes) is 1. The Balaban J connectivity index is 1.31. The van der Waals surface area contributed by atoms with Crippen LogP contribution in [0.3, 0.4) is 0 Å². The summed E-state index contributed by atoms with van der Waals surface area (Å²) in [6.07, 6.45) is 3.55. The highest BCUT2D eigenvalue weighted by atomic mass is 35.5. The lowest BCUT2D eigenvalue weighted by atomic mass is 10.0. The van der Waals surface area contributed by atoms with E-state index in [1.54, 1.807) is 12.1 Å². The molecule has 0 aliphatic carbocycles. The number of halogens is 1. The topological polar surface area (TPSA) is 56.1 Å². The number of nitrogens with one attached hydrogen (secondary N) is 1. The summed E-state index contributed by atoms with van der Waals surface area (Å²) in [5.41, 5.74) is 5.14. The molecule has 0 fully saturated rings. The molecule has 1 amide bonds. The summed E-state index contributed by atoms with van der Waals surface area (Å²) in [6.45, 7) is 8.65. The summed E-state index contributed by atoms with van der Waals surface area (Å²) in [5.74, 6) is 2.34. The number of amides is 1. The SMILES string of the molecule is Cc1ccc(C(C)C)c(OCCCCn2c(CCCNC(=O)c3ccccc3Cl)nc3ccccc32)c1. The molecule has 6 heteroatoms. The van der Waals surface area contributed by atoms with Gasteiger partial charge < -0.3 is 14.6 Å². The summed E-state index contributed by atoms with van der Waals surface area (Å²) < 4.78 is 8.51. The third-order valence-electron chi connectivity index (χ3n) is 6.54. The molecule has 0 atom stereocenters. The van der Waals surface area contributed by atoms with E-state index in [0.717, 1.165) is 54.8 Å². The molecule has 0 aliphatic heterocycles. The highest BCUT2D eigenvalue weighted by Crippen LogP contribution is 2.28. The highest BCUT2D eigenvalue weighted by molar-refractivity contribution is 6.33. The number of benzene rings is 3. The van der Waals surface area contributed by atoms with Crippen LogP contribution < -0.4 is 10.1 Å². The fraction of sp³-hybridized carbons (Fsp3) is 0.355. The number of rotatable bonds is 12. The zero-order valence-corrected chi connectivity index (χ0v) is 22.7. The second-order valence-corrected chi connectivity index (χ2v) is 10.2. The summed E-state index contributed by atoms with van der Waals surface area (Å²) in [6, 6.07) is 21.8. The number of ether oxygens (including phenoxy) is 1. The lowest BCUT2D eigenvalue weighted by molar-refractivity contribution is 0.0953. The molecular weight excluding hydrogens is 482 g/mol. The maximum Gasteiger partial charge on any atom is 0.252 e. The first-order valence-corrected chi connectivity index (χ1v) is 13.5. The fourth-order valence-corrected chi connectivity index (χ4v) is 4.77. The van der Waals surface area contributed by atoms with Crippen LogP contribution in [0.5, 0.6) is 5.75 Å². The number of para-hydroxylation sites is 2. The lowest BCUT2D eigenvalue weighted by Gasteiger charge is -2.15. The zero-order valence-electron chi connectivity index (χ0n) is 22.0. The number of hydrogen-bond acceptors (Lipinski definition) is 3. The van der Waals surface area contributed by atoms with Gasteiger partial charge >= 0.3 is 0 Å². The Morgan fingerprint density at radius 2 is 1.81 bits per heavy atom. The van der Waals surface area contributed by atoms with Gasteiger partial charge in [0.1, 0.15) is 11.6 Å². The molecule has 5 nitrogen and oxygen atoms in total. The van der Waals surface area contributed by atoms with Crippen molar-refractivity contribution in [2.45, 2.75) is 58.9 Å². The minimum absolute atomic E-state index is 0.145. The molecule has 0 saturated carbocycles. The van der Waals surface area contributed by atoms with Crippen molar-refractivity contribution in [3.63, 3.8) is 0 Å². The molecule has 37 heavy (non-hydrogen) atoms. The van der Waals surface area contributed by atoms with Gasteiger partial charge in [-0.15, -0.1) is 0 Å². The molecule has 0 aliphatic rings. The van der Waals surface area contributed by atoms with E-state index in [-0.39, 0.29) is 5.91 Å². The van der Waals surface area contributed by atoms with Gasteiger partial charge in [-0.3, -0.25) is 4.79 Å². The van der Waals surface area contributed by atoms with Crippen LogP contribution in [0.2, 0.25) is 5.02 Å². The van der Waals surface area contributed by atoms with Crippen molar-refractivity contribution in [1.29, 1.82) is 0 Å². The molecule has 0 radical (unpaired) electrons. The van der Waals surface area contributed by atoms with E-state index in [0.29, 0.717) is 29.7 Å². The molecular formula is C31H36ClN3O2. The molecule has 1 N–H and O–H groups in total. The molecule has 1 aromatic heterocycles. The quantitative estimate of drug-likeness (QED) is 0.200. The van der Waals surface area contributed by atoms with Crippen molar-refractivity contribution in [1.82, 2.24) is 14.9 Å². The Morgan fingerprint density at radius 3 is 2.62 bits per heavy atom. The normalized spacial score (nSPS) is 11.3. The van der Waals surface area contributed by atoms with Crippen LogP contribution in [-0.4, -0.2) is 28.6 Å². The molecule has 0 saturated heterocycles. The van der Waals surface area contributed by atoms with Gasteiger partial charge in [0.15, 0.2) is 0 Å². The van der Waals surface area contributed by atoms with Crippen LogP contribution in [-0.2, 0) is 13.0 Å². The highest BCUT2D eigenvalue weighted by Gasteiger charge is 2.12. The molecule has 4 rings (SSSR count). The molecule has 3 aromatic carbocycles. The number of carbonyl (C=O) groups is 1. The number of aromatic nitrogens is 2. The predicted molar refractivity (Wildman–Crippen MR) is 152 cm³/mol. The van der Waals surface area contributed by atoms with Crippen molar-refractivity contribution >= 4 is 28.5 Å². The summed E-state index contributed by atoms with van der Waals surface area (Å²) >= 11 is 6.14. The summed E-state index contributed by atoms with van der Waals surface area (Å²) in [5, 5.41) is 3.44. The Hall–Kier alpha value is -3.31. The van der Waals surface area contributed by atoms with Crippen LogP contribution in [0.25, 0.3) is 11.0 Å². The summed E-state index contributed by atoms with van der Waals surface area (Å²) in [7, 11) is 0. The van der Waals surface area contributed by atoms with Crippen LogP contribution in [0.1, 0.15) is 66.3 Å².